The lowest BCUT2D eigenvalue weighted by atomic mass is 10.1. The summed E-state index contributed by atoms with van der Waals surface area (Å²) in [5.41, 5.74) is 0.0632. The third-order valence-corrected chi connectivity index (χ3v) is 3.62. The molecule has 0 heterocycles. The summed E-state index contributed by atoms with van der Waals surface area (Å²) in [6, 6.07) is 5.12. The summed E-state index contributed by atoms with van der Waals surface area (Å²) < 4.78 is 0.813. The number of carbonyl (C=O) groups excluding carboxylic acids is 1. The number of aliphatic carboxylic acids is 1. The molecule has 116 valence electrons. The molecular formula is C14H18BrClN2O3. The first-order valence-corrected chi connectivity index (χ1v) is 7.48. The zero-order valence-electron chi connectivity index (χ0n) is 12.1. The van der Waals surface area contributed by atoms with Gasteiger partial charge < -0.3 is 10.4 Å². The van der Waals surface area contributed by atoms with Crippen molar-refractivity contribution in [2.45, 2.75) is 26.3 Å². The topological polar surface area (TPSA) is 69.6 Å². The van der Waals surface area contributed by atoms with Crippen molar-refractivity contribution in [2.75, 3.05) is 18.4 Å². The van der Waals surface area contributed by atoms with E-state index in [1.54, 1.807) is 23.1 Å². The molecule has 5 nitrogen and oxygen atoms in total. The summed E-state index contributed by atoms with van der Waals surface area (Å²) in [7, 11) is 0. The molecule has 1 aromatic carbocycles. The summed E-state index contributed by atoms with van der Waals surface area (Å²) >= 11 is 9.32. The summed E-state index contributed by atoms with van der Waals surface area (Å²) in [6.07, 6.45) is 0. The van der Waals surface area contributed by atoms with Gasteiger partial charge in [0.25, 0.3) is 0 Å². The number of nitrogens with zero attached hydrogens (tertiary/aromatic N) is 1. The molecule has 0 aliphatic carbocycles. The van der Waals surface area contributed by atoms with Crippen LogP contribution in [0.3, 0.4) is 0 Å². The average Bonchev–Trinajstić information content (AvgIpc) is 2.30. The smallest absolute Gasteiger partial charge is 0.317 e. The molecule has 0 aliphatic rings. The van der Waals surface area contributed by atoms with E-state index in [1.807, 2.05) is 20.8 Å². The number of amides is 1. The number of hydrogen-bond acceptors (Lipinski definition) is 3. The van der Waals surface area contributed by atoms with Gasteiger partial charge >= 0.3 is 5.97 Å². The first-order valence-electron chi connectivity index (χ1n) is 6.31. The van der Waals surface area contributed by atoms with Gasteiger partial charge in [0.1, 0.15) is 0 Å². The molecule has 0 bridgehead atoms. The largest absolute Gasteiger partial charge is 0.480 e. The number of benzene rings is 1. The molecule has 7 heteroatoms. The van der Waals surface area contributed by atoms with E-state index in [0.29, 0.717) is 10.7 Å². The number of carboxylic acid groups (broad SMARTS) is 1. The van der Waals surface area contributed by atoms with Crippen molar-refractivity contribution in [2.24, 2.45) is 0 Å². The van der Waals surface area contributed by atoms with Crippen molar-refractivity contribution in [3.8, 4) is 0 Å². The molecule has 0 aliphatic heterocycles. The van der Waals surface area contributed by atoms with E-state index >= 15 is 0 Å². The molecule has 0 atom stereocenters. The van der Waals surface area contributed by atoms with Crippen LogP contribution in [0.5, 0.6) is 0 Å². The monoisotopic (exact) mass is 376 g/mol. The lowest BCUT2D eigenvalue weighted by Crippen LogP contribution is -2.48. The maximum atomic E-state index is 12.1. The molecule has 0 spiro atoms. The van der Waals surface area contributed by atoms with E-state index in [-0.39, 0.29) is 19.0 Å². The highest BCUT2D eigenvalue weighted by Gasteiger charge is 2.25. The van der Waals surface area contributed by atoms with E-state index in [9.17, 15) is 9.59 Å². The lowest BCUT2D eigenvalue weighted by Gasteiger charge is -2.33. The molecule has 21 heavy (non-hydrogen) atoms. The van der Waals surface area contributed by atoms with Gasteiger partial charge in [0.2, 0.25) is 5.91 Å². The quantitative estimate of drug-likeness (QED) is 0.826. The Balaban J connectivity index is 2.76. The van der Waals surface area contributed by atoms with Crippen molar-refractivity contribution < 1.29 is 14.7 Å². The molecule has 1 aromatic rings. The van der Waals surface area contributed by atoms with Gasteiger partial charge in [-0.25, -0.2) is 0 Å². The van der Waals surface area contributed by atoms with Crippen LogP contribution in [-0.2, 0) is 9.59 Å². The second kappa shape index (κ2) is 7.24. The minimum absolute atomic E-state index is 0.0256. The normalized spacial score (nSPS) is 11.5. The van der Waals surface area contributed by atoms with Crippen LogP contribution in [0.1, 0.15) is 20.8 Å². The van der Waals surface area contributed by atoms with Crippen molar-refractivity contribution >= 4 is 45.1 Å². The SMILES string of the molecule is CC(C)(C)N(CC(=O)O)CC(=O)Nc1ccc(Br)cc1Cl. The second-order valence-electron chi connectivity index (χ2n) is 5.59. The molecule has 2 N–H and O–H groups in total. The highest BCUT2D eigenvalue weighted by Crippen LogP contribution is 2.25. The van der Waals surface area contributed by atoms with Crippen LogP contribution in [0.15, 0.2) is 22.7 Å². The number of anilines is 1. The molecule has 0 saturated carbocycles. The second-order valence-corrected chi connectivity index (χ2v) is 6.92. The molecule has 0 fully saturated rings. The average molecular weight is 378 g/mol. The Bertz CT molecular complexity index is 544. The highest BCUT2D eigenvalue weighted by atomic mass is 79.9. The van der Waals surface area contributed by atoms with Gasteiger partial charge in [0.05, 0.1) is 23.8 Å². The van der Waals surface area contributed by atoms with E-state index in [0.717, 1.165) is 4.47 Å². The van der Waals surface area contributed by atoms with Gasteiger partial charge in [-0.3, -0.25) is 14.5 Å². The zero-order chi connectivity index (χ0) is 16.2. The van der Waals surface area contributed by atoms with Gasteiger partial charge in [-0.15, -0.1) is 0 Å². The third-order valence-electron chi connectivity index (χ3n) is 2.81. The molecule has 0 saturated heterocycles. The minimum Gasteiger partial charge on any atom is -0.480 e. The number of carboxylic acids is 1. The van der Waals surface area contributed by atoms with Crippen molar-refractivity contribution in [3.63, 3.8) is 0 Å². The van der Waals surface area contributed by atoms with Gasteiger partial charge in [0, 0.05) is 10.0 Å². The van der Waals surface area contributed by atoms with Gasteiger partial charge in [-0.05, 0) is 39.0 Å². The number of hydrogen-bond donors (Lipinski definition) is 2. The zero-order valence-corrected chi connectivity index (χ0v) is 14.5. The van der Waals surface area contributed by atoms with Gasteiger partial charge in [-0.2, -0.15) is 0 Å². The van der Waals surface area contributed by atoms with Crippen LogP contribution >= 0.6 is 27.5 Å². The van der Waals surface area contributed by atoms with Crippen molar-refractivity contribution in [1.29, 1.82) is 0 Å². The van der Waals surface area contributed by atoms with E-state index in [1.165, 1.54) is 0 Å². The summed E-state index contributed by atoms with van der Waals surface area (Å²) in [5.74, 6) is -1.28. The predicted octanol–water partition coefficient (Wildman–Crippen LogP) is 3.23. The first-order chi connectivity index (χ1) is 9.59. The number of carbonyl (C=O) groups is 2. The standard InChI is InChI=1S/C14H18BrClN2O3/c1-14(2,3)18(8-13(20)21)7-12(19)17-11-5-4-9(15)6-10(11)16/h4-6H,7-8H2,1-3H3,(H,17,19)(H,20,21). The first kappa shape index (κ1) is 17.9. The Hall–Kier alpha value is -1.11. The molecule has 0 radical (unpaired) electrons. The maximum absolute atomic E-state index is 12.1. The number of halogens is 2. The lowest BCUT2D eigenvalue weighted by molar-refractivity contribution is -0.140. The molecule has 0 aromatic heterocycles. The third kappa shape index (κ3) is 6.03. The molecule has 1 amide bonds. The van der Waals surface area contributed by atoms with Crippen LogP contribution in [0.25, 0.3) is 0 Å². The van der Waals surface area contributed by atoms with Gasteiger partial charge in [-0.1, -0.05) is 27.5 Å². The van der Waals surface area contributed by atoms with Crippen molar-refractivity contribution in [1.82, 2.24) is 4.90 Å². The van der Waals surface area contributed by atoms with Crippen LogP contribution in [0, 0.1) is 0 Å². The highest BCUT2D eigenvalue weighted by molar-refractivity contribution is 9.10. The van der Waals surface area contributed by atoms with Gasteiger partial charge in [0.15, 0.2) is 0 Å². The fraction of sp³-hybridized carbons (Fsp3) is 0.429. The van der Waals surface area contributed by atoms with Crippen LogP contribution in [0.2, 0.25) is 5.02 Å². The Labute approximate surface area is 137 Å². The summed E-state index contributed by atoms with van der Waals surface area (Å²) in [6.45, 7) is 5.34. The number of rotatable bonds is 5. The van der Waals surface area contributed by atoms with Crippen LogP contribution < -0.4 is 5.32 Å². The van der Waals surface area contributed by atoms with E-state index in [4.69, 9.17) is 16.7 Å². The Kier molecular flexibility index (Phi) is 6.19. The molecular weight excluding hydrogens is 360 g/mol. The van der Waals surface area contributed by atoms with Crippen LogP contribution in [0.4, 0.5) is 5.69 Å². The predicted molar refractivity (Wildman–Crippen MR) is 86.7 cm³/mol. The Morgan fingerprint density at radius 3 is 2.43 bits per heavy atom. The Morgan fingerprint density at radius 1 is 1.33 bits per heavy atom. The fourth-order valence-corrected chi connectivity index (χ4v) is 2.37. The maximum Gasteiger partial charge on any atom is 0.317 e. The van der Waals surface area contributed by atoms with Crippen molar-refractivity contribution in [3.05, 3.63) is 27.7 Å². The minimum atomic E-state index is -0.973. The Morgan fingerprint density at radius 2 is 1.95 bits per heavy atom. The summed E-state index contributed by atoms with van der Waals surface area (Å²) in [5, 5.41) is 12.0. The van der Waals surface area contributed by atoms with E-state index in [2.05, 4.69) is 21.2 Å². The van der Waals surface area contributed by atoms with E-state index < -0.39 is 11.5 Å². The summed E-state index contributed by atoms with van der Waals surface area (Å²) in [4.78, 5) is 24.5. The van der Waals surface area contributed by atoms with Crippen LogP contribution in [-0.4, -0.2) is 40.5 Å². The molecule has 1 rings (SSSR count). The molecule has 0 unspecified atom stereocenters. The number of nitrogens with one attached hydrogen (secondary N) is 1. The fourth-order valence-electron chi connectivity index (χ4n) is 1.65.